The number of nitrogens with one attached hydrogen (secondary N) is 1. The van der Waals surface area contributed by atoms with Gasteiger partial charge in [0.2, 0.25) is 0 Å². The fourth-order valence-corrected chi connectivity index (χ4v) is 4.08. The highest BCUT2D eigenvalue weighted by Gasteiger charge is 2.40. The molecule has 0 spiro atoms. The van der Waals surface area contributed by atoms with E-state index in [9.17, 15) is 17.9 Å². The van der Waals surface area contributed by atoms with Crippen molar-refractivity contribution < 1.29 is 22.7 Å². The molecule has 1 aliphatic rings. The van der Waals surface area contributed by atoms with Crippen molar-refractivity contribution in [3.8, 4) is 5.75 Å². The molecule has 9 heteroatoms. The number of guanidine groups is 1. The molecule has 1 fully saturated rings. The maximum Gasteiger partial charge on any atom is 0.194 e. The number of rotatable bonds is 6. The molecule has 1 unspecified atom stereocenters. The largest absolute Gasteiger partial charge is 0.491 e. The summed E-state index contributed by atoms with van der Waals surface area (Å²) in [6.45, 7) is 6.80. The lowest BCUT2D eigenvalue weighted by Gasteiger charge is -2.39. The van der Waals surface area contributed by atoms with Crippen molar-refractivity contribution in [1.82, 2.24) is 10.2 Å². The summed E-state index contributed by atoms with van der Waals surface area (Å²) in [4.78, 5) is 6.32. The first-order valence-electron chi connectivity index (χ1n) is 8.96. The Morgan fingerprint density at radius 3 is 2.67 bits per heavy atom. The number of aliphatic imine (C=N–C) groups is 1. The van der Waals surface area contributed by atoms with Crippen molar-refractivity contribution in [3.63, 3.8) is 0 Å². The third-order valence-corrected chi connectivity index (χ3v) is 6.92. The Morgan fingerprint density at radius 2 is 2.07 bits per heavy atom. The first-order valence-corrected chi connectivity index (χ1v) is 10.6. The van der Waals surface area contributed by atoms with Crippen LogP contribution in [-0.2, 0) is 9.84 Å². The minimum Gasteiger partial charge on any atom is -0.491 e. The molecule has 0 aromatic heterocycles. The van der Waals surface area contributed by atoms with Crippen LogP contribution in [0.15, 0.2) is 29.3 Å². The SMILES string of the molecule is CCNC(=NCC(O)COc1ccc(F)cc1)N1CCS(=O)(=O)C(C)(C)C1. The fourth-order valence-electron chi connectivity index (χ4n) is 2.72. The molecule has 0 amide bonds. The lowest BCUT2D eigenvalue weighted by atomic mass is 10.2. The van der Waals surface area contributed by atoms with E-state index in [0.717, 1.165) is 0 Å². The van der Waals surface area contributed by atoms with Crippen LogP contribution in [0.5, 0.6) is 5.75 Å². The summed E-state index contributed by atoms with van der Waals surface area (Å²) in [5.74, 6) is 0.755. The van der Waals surface area contributed by atoms with Crippen LogP contribution in [0.1, 0.15) is 20.8 Å². The molecular weight excluding hydrogens is 373 g/mol. The summed E-state index contributed by atoms with van der Waals surface area (Å²) >= 11 is 0. The molecule has 0 bridgehead atoms. The van der Waals surface area contributed by atoms with E-state index in [4.69, 9.17) is 4.74 Å². The Hall–Kier alpha value is -1.87. The maximum atomic E-state index is 12.9. The lowest BCUT2D eigenvalue weighted by Crippen LogP contribution is -2.57. The van der Waals surface area contributed by atoms with Gasteiger partial charge in [0, 0.05) is 19.6 Å². The third-order valence-electron chi connectivity index (χ3n) is 4.39. The Bertz CT molecular complexity index is 750. The number of halogens is 1. The number of nitrogens with zero attached hydrogens (tertiary/aromatic N) is 2. The van der Waals surface area contributed by atoms with E-state index in [-0.39, 0.29) is 24.7 Å². The highest BCUT2D eigenvalue weighted by Crippen LogP contribution is 2.23. The Balaban J connectivity index is 1.95. The number of benzene rings is 1. The van der Waals surface area contributed by atoms with Gasteiger partial charge in [-0.3, -0.25) is 4.99 Å². The van der Waals surface area contributed by atoms with E-state index in [0.29, 0.717) is 31.3 Å². The van der Waals surface area contributed by atoms with Crippen LogP contribution >= 0.6 is 0 Å². The second-order valence-corrected chi connectivity index (χ2v) is 9.86. The number of aliphatic hydroxyl groups is 1. The van der Waals surface area contributed by atoms with Gasteiger partial charge >= 0.3 is 0 Å². The summed E-state index contributed by atoms with van der Waals surface area (Å²) in [5.41, 5.74) is 0. The molecule has 1 aliphatic heterocycles. The van der Waals surface area contributed by atoms with Crippen molar-refractivity contribution in [3.05, 3.63) is 30.1 Å². The monoisotopic (exact) mass is 401 g/mol. The number of hydrogen-bond acceptors (Lipinski definition) is 5. The Labute approximate surface area is 160 Å². The lowest BCUT2D eigenvalue weighted by molar-refractivity contribution is 0.114. The standard InChI is InChI=1S/C18H28FN3O4S/c1-4-20-17(22-9-10-27(24,25)18(2,3)13-22)21-11-15(23)12-26-16-7-5-14(19)6-8-16/h5-8,15,23H,4,9-13H2,1-3H3,(H,20,21). The number of ether oxygens (including phenoxy) is 1. The van der Waals surface area contributed by atoms with Crippen molar-refractivity contribution in [2.75, 3.05) is 38.5 Å². The van der Waals surface area contributed by atoms with Gasteiger partial charge in [-0.05, 0) is 45.0 Å². The van der Waals surface area contributed by atoms with Crippen LogP contribution in [0.3, 0.4) is 0 Å². The van der Waals surface area contributed by atoms with Gasteiger partial charge in [0.25, 0.3) is 0 Å². The summed E-state index contributed by atoms with van der Waals surface area (Å²) in [7, 11) is -3.14. The molecule has 2 N–H and O–H groups in total. The second kappa shape index (κ2) is 8.88. The second-order valence-electron chi connectivity index (χ2n) is 7.11. The number of hydrogen-bond donors (Lipinski definition) is 2. The van der Waals surface area contributed by atoms with E-state index >= 15 is 0 Å². The van der Waals surface area contributed by atoms with Gasteiger partial charge in [0.1, 0.15) is 24.3 Å². The van der Waals surface area contributed by atoms with Crippen molar-refractivity contribution in [2.24, 2.45) is 4.99 Å². The quantitative estimate of drug-likeness (QED) is 0.547. The van der Waals surface area contributed by atoms with Crippen LogP contribution < -0.4 is 10.1 Å². The van der Waals surface area contributed by atoms with E-state index < -0.39 is 20.7 Å². The normalized spacial score (nSPS) is 20.2. The van der Waals surface area contributed by atoms with Gasteiger partial charge in [0.15, 0.2) is 15.8 Å². The van der Waals surface area contributed by atoms with Gasteiger partial charge < -0.3 is 20.1 Å². The summed E-state index contributed by atoms with van der Waals surface area (Å²) < 4.78 is 41.8. The molecule has 152 valence electrons. The zero-order valence-corrected chi connectivity index (χ0v) is 16.8. The summed E-state index contributed by atoms with van der Waals surface area (Å²) in [5, 5.41) is 13.3. The highest BCUT2D eigenvalue weighted by atomic mass is 32.2. The molecule has 0 radical (unpaired) electrons. The third kappa shape index (κ3) is 5.80. The van der Waals surface area contributed by atoms with Crippen LogP contribution in [-0.4, -0.2) is 73.8 Å². The van der Waals surface area contributed by atoms with Crippen LogP contribution in [0.4, 0.5) is 4.39 Å². The summed E-state index contributed by atoms with van der Waals surface area (Å²) in [6.07, 6.45) is -0.842. The molecule has 7 nitrogen and oxygen atoms in total. The van der Waals surface area contributed by atoms with E-state index in [1.165, 1.54) is 24.3 Å². The molecule has 1 aromatic rings. The minimum absolute atomic E-state index is 0.0222. The smallest absolute Gasteiger partial charge is 0.194 e. The van der Waals surface area contributed by atoms with Gasteiger partial charge in [-0.15, -0.1) is 0 Å². The average molecular weight is 402 g/mol. The fraction of sp³-hybridized carbons (Fsp3) is 0.611. The molecule has 1 aromatic carbocycles. The van der Waals surface area contributed by atoms with Crippen molar-refractivity contribution in [2.45, 2.75) is 31.6 Å². The molecule has 1 heterocycles. The van der Waals surface area contributed by atoms with Crippen molar-refractivity contribution >= 4 is 15.8 Å². The molecule has 0 saturated carbocycles. The van der Waals surface area contributed by atoms with Gasteiger partial charge in [0.05, 0.1) is 17.0 Å². The Morgan fingerprint density at radius 1 is 1.41 bits per heavy atom. The predicted molar refractivity (Wildman–Crippen MR) is 103 cm³/mol. The van der Waals surface area contributed by atoms with Crippen LogP contribution in [0.25, 0.3) is 0 Å². The molecular formula is C18H28FN3O4S. The maximum absolute atomic E-state index is 12.9. The summed E-state index contributed by atoms with van der Waals surface area (Å²) in [6, 6.07) is 5.56. The van der Waals surface area contributed by atoms with Gasteiger partial charge in [-0.1, -0.05) is 0 Å². The average Bonchev–Trinajstić information content (AvgIpc) is 2.60. The number of sulfone groups is 1. The van der Waals surface area contributed by atoms with Crippen molar-refractivity contribution in [1.29, 1.82) is 0 Å². The first kappa shape index (κ1) is 21.4. The van der Waals surface area contributed by atoms with Gasteiger partial charge in [-0.25, -0.2) is 12.8 Å². The highest BCUT2D eigenvalue weighted by molar-refractivity contribution is 7.92. The van der Waals surface area contributed by atoms with E-state index in [1.54, 1.807) is 13.8 Å². The number of aliphatic hydroxyl groups excluding tert-OH is 1. The molecule has 2 rings (SSSR count). The predicted octanol–water partition coefficient (Wildman–Crippen LogP) is 1.04. The first-order chi connectivity index (χ1) is 12.6. The molecule has 27 heavy (non-hydrogen) atoms. The van der Waals surface area contributed by atoms with Crippen LogP contribution in [0.2, 0.25) is 0 Å². The van der Waals surface area contributed by atoms with Gasteiger partial charge in [-0.2, -0.15) is 0 Å². The molecule has 1 saturated heterocycles. The zero-order valence-electron chi connectivity index (χ0n) is 16.0. The molecule has 0 aliphatic carbocycles. The molecule has 1 atom stereocenters. The van der Waals surface area contributed by atoms with Crippen LogP contribution in [0, 0.1) is 5.82 Å². The minimum atomic E-state index is -3.14. The Kier molecular flexibility index (Phi) is 7.05. The van der Waals surface area contributed by atoms with E-state index in [2.05, 4.69) is 10.3 Å². The van der Waals surface area contributed by atoms with E-state index in [1.807, 2.05) is 11.8 Å². The zero-order chi connectivity index (χ0) is 20.1. The topological polar surface area (TPSA) is 91.2 Å².